The molecule has 1 atom stereocenters. The number of aromatic nitrogens is 1. The first kappa shape index (κ1) is 15.8. The third kappa shape index (κ3) is 4.47. The largest absolute Gasteiger partial charge is 0.350 e. The van der Waals surface area contributed by atoms with Gasteiger partial charge in [-0.3, -0.25) is 0 Å². The predicted molar refractivity (Wildman–Crippen MR) is 90.8 cm³/mol. The molecular formula is C19H28N2. The van der Waals surface area contributed by atoms with Crippen LogP contribution in [0, 0.1) is 13.8 Å². The van der Waals surface area contributed by atoms with Crippen molar-refractivity contribution >= 4 is 0 Å². The number of rotatable bonds is 7. The van der Waals surface area contributed by atoms with Crippen LogP contribution >= 0.6 is 0 Å². The summed E-state index contributed by atoms with van der Waals surface area (Å²) in [5, 5.41) is 3.62. The molecule has 0 saturated carbocycles. The first-order valence-electron chi connectivity index (χ1n) is 8.08. The first-order valence-corrected chi connectivity index (χ1v) is 8.08. The lowest BCUT2D eigenvalue weighted by atomic mass is 10.1. The molecular weight excluding hydrogens is 256 g/mol. The van der Waals surface area contributed by atoms with Gasteiger partial charge in [0.2, 0.25) is 0 Å². The molecule has 0 saturated heterocycles. The molecule has 2 rings (SSSR count). The highest BCUT2D eigenvalue weighted by atomic mass is 15.0. The van der Waals surface area contributed by atoms with E-state index in [1.807, 2.05) is 0 Å². The monoisotopic (exact) mass is 284 g/mol. The highest BCUT2D eigenvalue weighted by Crippen LogP contribution is 2.18. The molecule has 1 unspecified atom stereocenters. The van der Waals surface area contributed by atoms with Crippen molar-refractivity contribution in [1.82, 2.24) is 9.88 Å². The maximum Gasteiger partial charge on any atom is 0.0470 e. The summed E-state index contributed by atoms with van der Waals surface area (Å²) >= 11 is 0. The number of nitrogens with one attached hydrogen (secondary N) is 1. The number of benzene rings is 1. The van der Waals surface area contributed by atoms with Crippen LogP contribution in [0.2, 0.25) is 0 Å². The lowest BCUT2D eigenvalue weighted by Gasteiger charge is -2.15. The second-order valence-corrected chi connectivity index (χ2v) is 6.03. The number of hydrogen-bond acceptors (Lipinski definition) is 1. The van der Waals surface area contributed by atoms with E-state index in [1.165, 1.54) is 28.7 Å². The summed E-state index contributed by atoms with van der Waals surface area (Å²) in [5.74, 6) is 0. The fraction of sp³-hybridized carbons (Fsp3) is 0.474. The molecule has 1 aromatic carbocycles. The van der Waals surface area contributed by atoms with Gasteiger partial charge in [-0.1, -0.05) is 43.2 Å². The Hall–Kier alpha value is -1.54. The molecule has 1 heterocycles. The summed E-state index contributed by atoms with van der Waals surface area (Å²) in [4.78, 5) is 0. The zero-order chi connectivity index (χ0) is 15.2. The van der Waals surface area contributed by atoms with Gasteiger partial charge in [-0.2, -0.15) is 0 Å². The zero-order valence-corrected chi connectivity index (χ0v) is 13.8. The van der Waals surface area contributed by atoms with Crippen LogP contribution in [0.15, 0.2) is 36.7 Å². The van der Waals surface area contributed by atoms with Gasteiger partial charge in [0.15, 0.2) is 0 Å². The molecule has 0 fully saturated rings. The van der Waals surface area contributed by atoms with E-state index < -0.39 is 0 Å². The van der Waals surface area contributed by atoms with E-state index in [4.69, 9.17) is 0 Å². The van der Waals surface area contributed by atoms with Crippen LogP contribution in [0.25, 0.3) is 0 Å². The number of aryl methyl sites for hydroxylation is 2. The van der Waals surface area contributed by atoms with Crippen molar-refractivity contribution in [1.29, 1.82) is 0 Å². The van der Waals surface area contributed by atoms with Gasteiger partial charge in [0, 0.05) is 25.0 Å². The van der Waals surface area contributed by atoms with E-state index in [2.05, 4.69) is 74.2 Å². The van der Waals surface area contributed by atoms with E-state index in [0.29, 0.717) is 6.04 Å². The lowest BCUT2D eigenvalue weighted by Crippen LogP contribution is -2.21. The molecule has 0 radical (unpaired) electrons. The third-order valence-corrected chi connectivity index (χ3v) is 3.87. The molecule has 0 aliphatic rings. The van der Waals surface area contributed by atoms with Crippen molar-refractivity contribution < 1.29 is 0 Å². The van der Waals surface area contributed by atoms with E-state index in [9.17, 15) is 0 Å². The van der Waals surface area contributed by atoms with Gasteiger partial charge >= 0.3 is 0 Å². The van der Waals surface area contributed by atoms with Gasteiger partial charge in [0.05, 0.1) is 0 Å². The zero-order valence-electron chi connectivity index (χ0n) is 13.8. The quantitative estimate of drug-likeness (QED) is 0.786. The van der Waals surface area contributed by atoms with Gasteiger partial charge in [0.1, 0.15) is 0 Å². The third-order valence-electron chi connectivity index (χ3n) is 3.87. The first-order chi connectivity index (χ1) is 10.1. The van der Waals surface area contributed by atoms with E-state index in [-0.39, 0.29) is 0 Å². The lowest BCUT2D eigenvalue weighted by molar-refractivity contribution is 0.517. The fourth-order valence-electron chi connectivity index (χ4n) is 2.95. The van der Waals surface area contributed by atoms with Crippen LogP contribution in [0.3, 0.4) is 0 Å². The Morgan fingerprint density at radius 2 is 1.81 bits per heavy atom. The minimum absolute atomic E-state index is 0.477. The molecule has 2 aromatic rings. The average molecular weight is 284 g/mol. The van der Waals surface area contributed by atoms with Crippen LogP contribution < -0.4 is 5.32 Å². The summed E-state index contributed by atoms with van der Waals surface area (Å²) in [6.07, 6.45) is 6.80. The minimum Gasteiger partial charge on any atom is -0.350 e. The van der Waals surface area contributed by atoms with E-state index in [0.717, 1.165) is 19.5 Å². The number of hydrogen-bond donors (Lipinski definition) is 1. The van der Waals surface area contributed by atoms with Gasteiger partial charge in [-0.15, -0.1) is 0 Å². The van der Waals surface area contributed by atoms with Gasteiger partial charge in [-0.05, 0) is 50.4 Å². The van der Waals surface area contributed by atoms with Crippen LogP contribution in [0.4, 0.5) is 0 Å². The summed E-state index contributed by atoms with van der Waals surface area (Å²) in [5.41, 5.74) is 5.46. The topological polar surface area (TPSA) is 17.0 Å². The summed E-state index contributed by atoms with van der Waals surface area (Å²) in [6, 6.07) is 9.51. The highest BCUT2D eigenvalue weighted by molar-refractivity contribution is 5.29. The van der Waals surface area contributed by atoms with Crippen LogP contribution in [0.5, 0.6) is 0 Å². The average Bonchev–Trinajstić information content (AvgIpc) is 2.87. The molecule has 0 aliphatic carbocycles. The molecule has 0 spiro atoms. The van der Waals surface area contributed by atoms with Gasteiger partial charge < -0.3 is 9.88 Å². The van der Waals surface area contributed by atoms with Gasteiger partial charge in [-0.25, -0.2) is 0 Å². The van der Waals surface area contributed by atoms with Crippen molar-refractivity contribution in [3.05, 3.63) is 58.9 Å². The minimum atomic E-state index is 0.477. The van der Waals surface area contributed by atoms with Crippen molar-refractivity contribution in [3.8, 4) is 0 Å². The van der Waals surface area contributed by atoms with E-state index in [1.54, 1.807) is 0 Å². The van der Waals surface area contributed by atoms with Crippen molar-refractivity contribution in [3.63, 3.8) is 0 Å². The van der Waals surface area contributed by atoms with Crippen LogP contribution in [-0.4, -0.2) is 11.1 Å². The molecule has 0 amide bonds. The summed E-state index contributed by atoms with van der Waals surface area (Å²) in [6.45, 7) is 10.8. The van der Waals surface area contributed by atoms with Crippen molar-refractivity contribution in [2.75, 3.05) is 6.54 Å². The molecule has 0 bridgehead atoms. The summed E-state index contributed by atoms with van der Waals surface area (Å²) < 4.78 is 2.29. The van der Waals surface area contributed by atoms with E-state index >= 15 is 0 Å². The molecule has 114 valence electrons. The molecule has 1 N–H and O–H groups in total. The van der Waals surface area contributed by atoms with Crippen LogP contribution in [-0.2, 0) is 6.54 Å². The Bertz CT molecular complexity index is 548. The smallest absolute Gasteiger partial charge is 0.0470 e. The van der Waals surface area contributed by atoms with Crippen molar-refractivity contribution in [2.24, 2.45) is 0 Å². The highest BCUT2D eigenvalue weighted by Gasteiger charge is 2.09. The normalized spacial score (nSPS) is 12.6. The maximum atomic E-state index is 3.62. The Balaban J connectivity index is 2.08. The Morgan fingerprint density at radius 1 is 1.10 bits per heavy atom. The Labute approximate surface area is 129 Å². The molecule has 2 nitrogen and oxygen atoms in total. The standard InChI is InChI=1S/C19H28N2/c1-5-8-20-19(6-2)18-7-9-21(14-18)13-17-11-15(3)10-16(4)12-17/h7,9-12,14,19-20H,5-6,8,13H2,1-4H3. The predicted octanol–water partition coefficient (Wildman–Crippen LogP) is 4.60. The maximum absolute atomic E-state index is 3.62. The second kappa shape index (κ2) is 7.46. The fourth-order valence-corrected chi connectivity index (χ4v) is 2.95. The van der Waals surface area contributed by atoms with Gasteiger partial charge in [0.25, 0.3) is 0 Å². The molecule has 1 aromatic heterocycles. The Morgan fingerprint density at radius 3 is 2.43 bits per heavy atom. The molecule has 21 heavy (non-hydrogen) atoms. The molecule has 2 heteroatoms. The SMILES string of the molecule is CCCNC(CC)c1ccn(Cc2cc(C)cc(C)c2)c1. The van der Waals surface area contributed by atoms with Crippen molar-refractivity contribution in [2.45, 2.75) is 53.1 Å². The number of nitrogens with zero attached hydrogens (tertiary/aromatic N) is 1. The van der Waals surface area contributed by atoms with Crippen LogP contribution in [0.1, 0.15) is 55.0 Å². The Kier molecular flexibility index (Phi) is 5.63. The molecule has 0 aliphatic heterocycles. The summed E-state index contributed by atoms with van der Waals surface area (Å²) in [7, 11) is 0. The second-order valence-electron chi connectivity index (χ2n) is 6.03.